The first kappa shape index (κ1) is 20.8. The summed E-state index contributed by atoms with van der Waals surface area (Å²) in [6.07, 6.45) is 17.1. The Morgan fingerprint density at radius 3 is 2.56 bits per heavy atom. The fourth-order valence-corrected chi connectivity index (χ4v) is 1.94. The van der Waals surface area contributed by atoms with Crippen molar-refractivity contribution < 1.29 is 55.8 Å². The second kappa shape index (κ2) is 10.3. The molecular weight excluding hydrogens is 414 g/mol. The Balaban J connectivity index is 0. The molecule has 5 heteroatoms. The molecule has 94 valence electrons. The fraction of sp³-hybridized carbons (Fsp3) is 0.231. The van der Waals surface area contributed by atoms with E-state index < -0.39 is 0 Å². The molecule has 0 saturated carbocycles. The Morgan fingerprint density at radius 2 is 2.11 bits per heavy atom. The van der Waals surface area contributed by atoms with Gasteiger partial charge in [0.15, 0.2) is 0 Å². The number of hydrogen-bond acceptors (Lipinski definition) is 1. The molecule has 3 rings (SSSR count). The SMILES string of the molecule is CC1=CC2O[C-]=C(Br)C2=C1.[C-]1=CC=CC1.[Cl-].[Cl-].[Zr+4]. The first-order valence-electron chi connectivity index (χ1n) is 4.83. The van der Waals surface area contributed by atoms with Crippen LogP contribution in [0, 0.1) is 12.3 Å². The van der Waals surface area contributed by atoms with Gasteiger partial charge in [-0.1, -0.05) is 33.8 Å². The minimum Gasteiger partial charge on any atom is -1.00 e. The summed E-state index contributed by atoms with van der Waals surface area (Å²) in [7, 11) is 0. The molecule has 1 unspecified atom stereocenters. The summed E-state index contributed by atoms with van der Waals surface area (Å²) in [5, 5.41) is 0. The second-order valence-corrected chi connectivity index (χ2v) is 4.26. The Bertz CT molecular complexity index is 401. The molecule has 0 N–H and O–H groups in total. The zero-order valence-electron chi connectivity index (χ0n) is 9.71. The van der Waals surface area contributed by atoms with Gasteiger partial charge in [-0.3, -0.25) is 6.08 Å². The van der Waals surface area contributed by atoms with E-state index in [2.05, 4.69) is 53.4 Å². The van der Waals surface area contributed by atoms with Gasteiger partial charge in [-0.2, -0.15) is 6.08 Å². The summed E-state index contributed by atoms with van der Waals surface area (Å²) in [4.78, 5) is 0. The number of rotatable bonds is 0. The van der Waals surface area contributed by atoms with Crippen LogP contribution in [0.1, 0.15) is 13.3 Å². The van der Waals surface area contributed by atoms with E-state index in [-0.39, 0.29) is 57.1 Å². The molecule has 0 fully saturated rings. The van der Waals surface area contributed by atoms with Crippen LogP contribution in [0.15, 0.2) is 46.0 Å². The van der Waals surface area contributed by atoms with Crippen molar-refractivity contribution in [1.82, 2.24) is 0 Å². The number of allylic oxidation sites excluding steroid dienone is 6. The van der Waals surface area contributed by atoms with E-state index in [1.165, 1.54) is 11.1 Å². The standard InChI is InChI=1S/C8H6BrO.C5H5.2ClH.Zr/c1-5-2-6-7(9)4-10-8(6)3-5;1-2-4-5-3-1;;;/h2-3,8H,1H3;1-3H,4H2;2*1H;/q2*-1;;;+4/p-2. The molecule has 18 heavy (non-hydrogen) atoms. The zero-order chi connectivity index (χ0) is 10.7. The van der Waals surface area contributed by atoms with Gasteiger partial charge in [-0.25, -0.2) is 12.2 Å². The summed E-state index contributed by atoms with van der Waals surface area (Å²) in [5.74, 6) is 0. The van der Waals surface area contributed by atoms with Crippen molar-refractivity contribution in [3.63, 3.8) is 0 Å². The number of ether oxygens (including phenoxy) is 1. The Labute approximate surface area is 148 Å². The second-order valence-electron chi connectivity index (χ2n) is 3.47. The van der Waals surface area contributed by atoms with Gasteiger partial charge in [0, 0.05) is 0 Å². The van der Waals surface area contributed by atoms with Gasteiger partial charge in [-0.05, 0) is 6.92 Å². The average molecular weight is 425 g/mol. The smallest absolute Gasteiger partial charge is 1.00 e. The number of fused-ring (bicyclic) bond motifs is 1. The maximum atomic E-state index is 5.18. The first-order valence-corrected chi connectivity index (χ1v) is 5.63. The van der Waals surface area contributed by atoms with Gasteiger partial charge in [-0.15, -0.1) is 22.6 Å². The van der Waals surface area contributed by atoms with E-state index >= 15 is 0 Å². The number of hydrogen-bond donors (Lipinski definition) is 0. The molecular formula is C13H11BrCl2OZr. The molecule has 0 bridgehead atoms. The van der Waals surface area contributed by atoms with Crippen molar-refractivity contribution in [1.29, 1.82) is 0 Å². The monoisotopic (exact) mass is 422 g/mol. The molecule has 0 aromatic carbocycles. The third kappa shape index (κ3) is 5.61. The summed E-state index contributed by atoms with van der Waals surface area (Å²) in [5.41, 5.74) is 2.45. The molecule has 0 amide bonds. The third-order valence-corrected chi connectivity index (χ3v) is 2.84. The Kier molecular flexibility index (Phi) is 11.8. The largest absolute Gasteiger partial charge is 4.00 e. The minimum absolute atomic E-state index is 0. The Morgan fingerprint density at radius 1 is 1.39 bits per heavy atom. The van der Waals surface area contributed by atoms with Crippen LogP contribution in [0.25, 0.3) is 0 Å². The minimum atomic E-state index is 0. The maximum absolute atomic E-state index is 5.18. The van der Waals surface area contributed by atoms with E-state index in [9.17, 15) is 0 Å². The topological polar surface area (TPSA) is 9.23 Å². The van der Waals surface area contributed by atoms with Crippen LogP contribution in [-0.2, 0) is 30.9 Å². The van der Waals surface area contributed by atoms with Crippen LogP contribution < -0.4 is 24.8 Å². The van der Waals surface area contributed by atoms with Crippen LogP contribution >= 0.6 is 15.9 Å². The van der Waals surface area contributed by atoms with Crippen LogP contribution in [0.3, 0.4) is 0 Å². The molecule has 0 saturated heterocycles. The van der Waals surface area contributed by atoms with Crippen molar-refractivity contribution in [2.24, 2.45) is 0 Å². The van der Waals surface area contributed by atoms with E-state index in [0.29, 0.717) is 0 Å². The van der Waals surface area contributed by atoms with Crippen molar-refractivity contribution in [2.75, 3.05) is 0 Å². The molecule has 1 heterocycles. The van der Waals surface area contributed by atoms with Crippen LogP contribution in [0.5, 0.6) is 0 Å². The first-order chi connectivity index (χ1) is 7.27. The average Bonchev–Trinajstić information content (AvgIpc) is 2.87. The molecule has 1 aliphatic heterocycles. The molecule has 0 aromatic heterocycles. The van der Waals surface area contributed by atoms with Gasteiger partial charge < -0.3 is 29.6 Å². The van der Waals surface area contributed by atoms with Gasteiger partial charge in [0.1, 0.15) is 0 Å². The van der Waals surface area contributed by atoms with E-state index in [1.54, 1.807) is 0 Å². The molecule has 0 spiro atoms. The van der Waals surface area contributed by atoms with E-state index in [1.807, 2.05) is 12.2 Å². The summed E-state index contributed by atoms with van der Waals surface area (Å²) in [6.45, 7) is 2.06. The van der Waals surface area contributed by atoms with Crippen LogP contribution in [-0.4, -0.2) is 6.10 Å². The van der Waals surface area contributed by atoms with E-state index in [0.717, 1.165) is 10.9 Å². The third-order valence-electron chi connectivity index (χ3n) is 2.22. The maximum Gasteiger partial charge on any atom is 4.00 e. The van der Waals surface area contributed by atoms with Crippen molar-refractivity contribution in [3.05, 3.63) is 58.3 Å². The predicted octanol–water partition coefficient (Wildman–Crippen LogP) is -2.38. The van der Waals surface area contributed by atoms with Gasteiger partial charge in [0.25, 0.3) is 0 Å². The van der Waals surface area contributed by atoms with Crippen LogP contribution in [0.4, 0.5) is 0 Å². The molecule has 1 atom stereocenters. The molecule has 0 radical (unpaired) electrons. The van der Waals surface area contributed by atoms with Gasteiger partial charge in [0.2, 0.25) is 0 Å². The normalized spacial score (nSPS) is 20.8. The zero-order valence-corrected chi connectivity index (χ0v) is 15.3. The van der Waals surface area contributed by atoms with E-state index in [4.69, 9.17) is 4.74 Å². The fourth-order valence-electron chi connectivity index (χ4n) is 1.50. The molecule has 1 nitrogen and oxygen atoms in total. The number of halogens is 3. The van der Waals surface area contributed by atoms with Crippen LogP contribution in [0.2, 0.25) is 0 Å². The summed E-state index contributed by atoms with van der Waals surface area (Å²) < 4.78 is 6.13. The quantitative estimate of drug-likeness (QED) is 0.395. The van der Waals surface area contributed by atoms with Gasteiger partial charge in [0.05, 0.1) is 6.10 Å². The molecule has 3 aliphatic rings. The van der Waals surface area contributed by atoms with Crippen molar-refractivity contribution in [2.45, 2.75) is 19.4 Å². The predicted molar refractivity (Wildman–Crippen MR) is 64.0 cm³/mol. The Hall–Kier alpha value is 0.443. The molecule has 2 aliphatic carbocycles. The van der Waals surface area contributed by atoms with Crippen molar-refractivity contribution in [3.8, 4) is 0 Å². The summed E-state index contributed by atoms with van der Waals surface area (Å²) in [6, 6.07) is 0. The molecule has 0 aromatic rings. The van der Waals surface area contributed by atoms with Crippen molar-refractivity contribution >= 4 is 15.9 Å². The van der Waals surface area contributed by atoms with Gasteiger partial charge >= 0.3 is 26.2 Å². The summed E-state index contributed by atoms with van der Waals surface area (Å²) >= 11 is 3.35.